The molecule has 3 rings (SSSR count). The van der Waals surface area contributed by atoms with Crippen molar-refractivity contribution in [2.45, 2.75) is 6.42 Å². The minimum atomic E-state index is 0.0734. The number of rotatable bonds is 8. The van der Waals surface area contributed by atoms with E-state index < -0.39 is 0 Å². The van der Waals surface area contributed by atoms with Gasteiger partial charge in [0.2, 0.25) is 5.88 Å². The molecule has 0 radical (unpaired) electrons. The average Bonchev–Trinajstić information content (AvgIpc) is 2.72. The fourth-order valence-corrected chi connectivity index (χ4v) is 2.90. The smallest absolute Gasteiger partial charge is 0.213 e. The first kappa shape index (κ1) is 20.4. The monoisotopic (exact) mass is 394 g/mol. The zero-order valence-corrected chi connectivity index (χ0v) is 16.9. The summed E-state index contributed by atoms with van der Waals surface area (Å²) in [6.07, 6.45) is 4.42. The van der Waals surface area contributed by atoms with Crippen molar-refractivity contribution in [3.63, 3.8) is 0 Å². The zero-order chi connectivity index (χ0) is 20.8. The molecule has 0 saturated carbocycles. The molecular formula is C22H26N4O3. The van der Waals surface area contributed by atoms with Gasteiger partial charge in [-0.3, -0.25) is 0 Å². The number of ether oxygens (including phenoxy) is 2. The second-order valence-electron chi connectivity index (χ2n) is 6.93. The van der Waals surface area contributed by atoms with Gasteiger partial charge in [-0.2, -0.15) is 0 Å². The fraction of sp³-hybridized carbons (Fsp3) is 0.273. The molecule has 2 heterocycles. The fourth-order valence-electron chi connectivity index (χ4n) is 2.90. The van der Waals surface area contributed by atoms with E-state index in [4.69, 9.17) is 15.2 Å². The third-order valence-corrected chi connectivity index (χ3v) is 4.48. The molecule has 0 bridgehead atoms. The third kappa shape index (κ3) is 5.14. The predicted molar refractivity (Wildman–Crippen MR) is 114 cm³/mol. The Labute approximate surface area is 170 Å². The summed E-state index contributed by atoms with van der Waals surface area (Å²) in [5.74, 6) is 1.45. The maximum Gasteiger partial charge on any atom is 0.213 e. The highest BCUT2D eigenvalue weighted by molar-refractivity contribution is 5.80. The molecule has 7 heteroatoms. The van der Waals surface area contributed by atoms with E-state index in [2.05, 4.69) is 14.9 Å². The summed E-state index contributed by atoms with van der Waals surface area (Å²) in [4.78, 5) is 10.8. The highest BCUT2D eigenvalue weighted by atomic mass is 16.5. The van der Waals surface area contributed by atoms with Gasteiger partial charge in [0.15, 0.2) is 11.5 Å². The normalized spacial score (nSPS) is 10.9. The van der Waals surface area contributed by atoms with Crippen molar-refractivity contribution in [3.05, 3.63) is 48.8 Å². The number of nitrogens with zero attached hydrogens (tertiary/aromatic N) is 3. The van der Waals surface area contributed by atoms with Crippen molar-refractivity contribution in [2.75, 3.05) is 40.1 Å². The molecule has 0 aliphatic heterocycles. The van der Waals surface area contributed by atoms with Crippen LogP contribution in [0.15, 0.2) is 48.8 Å². The van der Waals surface area contributed by atoms with Gasteiger partial charge in [0.1, 0.15) is 5.82 Å². The van der Waals surface area contributed by atoms with Gasteiger partial charge in [-0.25, -0.2) is 9.97 Å². The Morgan fingerprint density at radius 2 is 1.76 bits per heavy atom. The van der Waals surface area contributed by atoms with Gasteiger partial charge in [-0.1, -0.05) is 6.07 Å². The minimum Gasteiger partial charge on any atom is -0.504 e. The second kappa shape index (κ2) is 9.25. The molecule has 1 aromatic carbocycles. The van der Waals surface area contributed by atoms with E-state index in [1.54, 1.807) is 30.6 Å². The van der Waals surface area contributed by atoms with Crippen molar-refractivity contribution in [1.82, 2.24) is 14.9 Å². The lowest BCUT2D eigenvalue weighted by Crippen LogP contribution is -2.15. The molecule has 0 fully saturated rings. The van der Waals surface area contributed by atoms with E-state index in [9.17, 15) is 5.11 Å². The number of hydrogen-bond acceptors (Lipinski definition) is 7. The lowest BCUT2D eigenvalue weighted by Gasteiger charge is -2.11. The molecule has 29 heavy (non-hydrogen) atoms. The van der Waals surface area contributed by atoms with Crippen LogP contribution in [0, 0.1) is 0 Å². The van der Waals surface area contributed by atoms with Gasteiger partial charge in [-0.05, 0) is 50.3 Å². The van der Waals surface area contributed by atoms with Crippen LogP contribution >= 0.6 is 0 Å². The lowest BCUT2D eigenvalue weighted by molar-refractivity contribution is 0.273. The Kier molecular flexibility index (Phi) is 6.51. The summed E-state index contributed by atoms with van der Waals surface area (Å²) in [5.41, 5.74) is 9.44. The second-order valence-corrected chi connectivity index (χ2v) is 6.93. The number of hydrogen-bond donors (Lipinski definition) is 2. The molecular weight excluding hydrogens is 368 g/mol. The molecule has 2 aromatic heterocycles. The molecule has 3 N–H and O–H groups in total. The van der Waals surface area contributed by atoms with E-state index in [0.29, 0.717) is 24.1 Å². The summed E-state index contributed by atoms with van der Waals surface area (Å²) in [5, 5.41) is 9.82. The van der Waals surface area contributed by atoms with Gasteiger partial charge in [0.25, 0.3) is 0 Å². The standard InChI is InChI=1S/C22H26N4O3/c1-26(2)9-4-10-29-21-8-6-16(13-24-21)17-11-18(22(23)25-14-17)15-5-7-19(27)20(12-15)28-3/h5-8,11-14,27H,4,9-10H2,1-3H3,(H2,23,25). The summed E-state index contributed by atoms with van der Waals surface area (Å²) >= 11 is 0. The molecule has 7 nitrogen and oxygen atoms in total. The van der Waals surface area contributed by atoms with Crippen LogP contribution in [-0.2, 0) is 0 Å². The Morgan fingerprint density at radius 1 is 1.00 bits per heavy atom. The average molecular weight is 394 g/mol. The SMILES string of the molecule is COc1cc(-c2cc(-c3ccc(OCCCN(C)C)nc3)cnc2N)ccc1O. The molecule has 0 saturated heterocycles. The van der Waals surface area contributed by atoms with Gasteiger partial charge in [0.05, 0.1) is 13.7 Å². The predicted octanol–water partition coefficient (Wildman–Crippen LogP) is 3.44. The van der Waals surface area contributed by atoms with E-state index in [0.717, 1.165) is 35.2 Å². The number of aromatic nitrogens is 2. The summed E-state index contributed by atoms with van der Waals surface area (Å²) < 4.78 is 10.9. The van der Waals surface area contributed by atoms with Crippen molar-refractivity contribution >= 4 is 5.82 Å². The topological polar surface area (TPSA) is 93.7 Å². The molecule has 152 valence electrons. The maximum absolute atomic E-state index is 9.82. The molecule has 0 aliphatic carbocycles. The first-order valence-electron chi connectivity index (χ1n) is 9.35. The van der Waals surface area contributed by atoms with Crippen molar-refractivity contribution in [1.29, 1.82) is 0 Å². The van der Waals surface area contributed by atoms with Crippen LogP contribution in [0.5, 0.6) is 17.4 Å². The van der Waals surface area contributed by atoms with Crippen LogP contribution in [0.25, 0.3) is 22.3 Å². The Bertz CT molecular complexity index is 959. The maximum atomic E-state index is 9.82. The zero-order valence-electron chi connectivity index (χ0n) is 16.9. The van der Waals surface area contributed by atoms with Crippen LogP contribution in [0.3, 0.4) is 0 Å². The highest BCUT2D eigenvalue weighted by Gasteiger charge is 2.11. The Balaban J connectivity index is 1.79. The number of pyridine rings is 2. The van der Waals surface area contributed by atoms with E-state index in [1.807, 2.05) is 32.3 Å². The van der Waals surface area contributed by atoms with Gasteiger partial charge in [0, 0.05) is 41.7 Å². The summed E-state index contributed by atoms with van der Waals surface area (Å²) in [7, 11) is 5.58. The van der Waals surface area contributed by atoms with Crippen molar-refractivity contribution in [2.24, 2.45) is 0 Å². The number of nitrogens with two attached hydrogens (primary N) is 1. The molecule has 3 aromatic rings. The van der Waals surface area contributed by atoms with Crippen LogP contribution in [0.1, 0.15) is 6.42 Å². The van der Waals surface area contributed by atoms with E-state index in [1.165, 1.54) is 7.11 Å². The molecule has 0 unspecified atom stereocenters. The van der Waals surface area contributed by atoms with Crippen LogP contribution in [-0.4, -0.2) is 54.3 Å². The summed E-state index contributed by atoms with van der Waals surface area (Å²) in [6.45, 7) is 1.60. The van der Waals surface area contributed by atoms with E-state index in [-0.39, 0.29) is 5.75 Å². The minimum absolute atomic E-state index is 0.0734. The number of aromatic hydroxyl groups is 1. The van der Waals surface area contributed by atoms with Gasteiger partial charge in [-0.15, -0.1) is 0 Å². The lowest BCUT2D eigenvalue weighted by atomic mass is 10.0. The summed E-state index contributed by atoms with van der Waals surface area (Å²) in [6, 6.07) is 10.8. The number of phenols is 1. The van der Waals surface area contributed by atoms with Crippen molar-refractivity contribution < 1.29 is 14.6 Å². The largest absolute Gasteiger partial charge is 0.504 e. The quantitative estimate of drug-likeness (QED) is 0.565. The van der Waals surface area contributed by atoms with Crippen LogP contribution in [0.4, 0.5) is 5.82 Å². The highest BCUT2D eigenvalue weighted by Crippen LogP contribution is 2.35. The molecule has 0 atom stereocenters. The molecule has 0 aliphatic rings. The number of benzene rings is 1. The number of methoxy groups -OCH3 is 1. The van der Waals surface area contributed by atoms with Gasteiger partial charge < -0.3 is 25.2 Å². The third-order valence-electron chi connectivity index (χ3n) is 4.48. The first-order valence-corrected chi connectivity index (χ1v) is 9.35. The Morgan fingerprint density at radius 3 is 2.45 bits per heavy atom. The van der Waals surface area contributed by atoms with Crippen molar-refractivity contribution in [3.8, 4) is 39.6 Å². The Hall–Kier alpha value is -3.32. The molecule has 0 amide bonds. The van der Waals surface area contributed by atoms with Crippen LogP contribution in [0.2, 0.25) is 0 Å². The number of phenolic OH excluding ortho intramolecular Hbond substituents is 1. The molecule has 0 spiro atoms. The van der Waals surface area contributed by atoms with Gasteiger partial charge >= 0.3 is 0 Å². The van der Waals surface area contributed by atoms with E-state index >= 15 is 0 Å². The first-order chi connectivity index (χ1) is 14.0. The number of anilines is 1. The van der Waals surface area contributed by atoms with Crippen LogP contribution < -0.4 is 15.2 Å². The number of nitrogen functional groups attached to an aromatic ring is 1.